The number of nitrogens with zero attached hydrogens (tertiary/aromatic N) is 3. The van der Waals surface area contributed by atoms with E-state index in [2.05, 4.69) is 15.2 Å². The summed E-state index contributed by atoms with van der Waals surface area (Å²) in [5, 5.41) is 9.04. The van der Waals surface area contributed by atoms with Gasteiger partial charge in [-0.3, -0.25) is 14.9 Å². The molecule has 0 aliphatic carbocycles. The average molecular weight is 470 g/mol. The van der Waals surface area contributed by atoms with Gasteiger partial charge in [0.15, 0.2) is 0 Å². The van der Waals surface area contributed by atoms with E-state index in [9.17, 15) is 4.79 Å². The van der Waals surface area contributed by atoms with Gasteiger partial charge in [0.05, 0.1) is 11.7 Å². The number of amides is 1. The third kappa shape index (κ3) is 3.59. The number of rotatable bonds is 4. The van der Waals surface area contributed by atoms with Gasteiger partial charge in [-0.2, -0.15) is 5.10 Å². The van der Waals surface area contributed by atoms with Crippen molar-refractivity contribution in [2.24, 2.45) is 0 Å². The first kappa shape index (κ1) is 20.1. The summed E-state index contributed by atoms with van der Waals surface area (Å²) in [6.45, 7) is 0.396. The van der Waals surface area contributed by atoms with Crippen molar-refractivity contribution in [2.45, 2.75) is 12.6 Å². The third-order valence-corrected chi connectivity index (χ3v) is 6.16. The predicted molar refractivity (Wildman–Crippen MR) is 121 cm³/mol. The number of aromatic amines is 1. The zero-order valence-corrected chi connectivity index (χ0v) is 18.3. The minimum atomic E-state index is -0.426. The monoisotopic (exact) mass is 468 g/mol. The van der Waals surface area contributed by atoms with Crippen molar-refractivity contribution in [3.63, 3.8) is 0 Å². The second-order valence-electron chi connectivity index (χ2n) is 7.22. The summed E-state index contributed by atoms with van der Waals surface area (Å²) in [6, 6.07) is 16.0. The topological polar surface area (TPSA) is 61.9 Å². The smallest absolute Gasteiger partial charge is 0.273 e. The standard InChI is InChI=1S/C23H15Cl3N4O/c24-15-3-1-14(2-4-15)20-19-21(29-28-20)23(31)30(12-13-7-9-27-10-8-13)22(19)17-6-5-16(25)11-18(17)26/h1-11,22H,12H2,(H,28,29). The van der Waals surface area contributed by atoms with Gasteiger partial charge in [0.25, 0.3) is 5.91 Å². The molecule has 1 aliphatic heterocycles. The van der Waals surface area contributed by atoms with Crippen LogP contribution >= 0.6 is 34.8 Å². The number of benzene rings is 2. The normalized spacial score (nSPS) is 15.4. The molecule has 4 aromatic rings. The van der Waals surface area contributed by atoms with Crippen LogP contribution in [0.25, 0.3) is 11.3 Å². The summed E-state index contributed by atoms with van der Waals surface area (Å²) >= 11 is 18.8. The first-order valence-corrected chi connectivity index (χ1v) is 10.7. The maximum atomic E-state index is 13.4. The summed E-state index contributed by atoms with van der Waals surface area (Å²) in [4.78, 5) is 19.3. The van der Waals surface area contributed by atoms with E-state index in [0.717, 1.165) is 22.3 Å². The van der Waals surface area contributed by atoms with Crippen LogP contribution in [0.4, 0.5) is 0 Å². The predicted octanol–water partition coefficient (Wildman–Crippen LogP) is 6.18. The van der Waals surface area contributed by atoms with Crippen LogP contribution in [0.3, 0.4) is 0 Å². The van der Waals surface area contributed by atoms with Crippen LogP contribution in [-0.2, 0) is 6.54 Å². The molecular formula is C23H15Cl3N4O. The molecule has 8 heteroatoms. The number of hydrogen-bond acceptors (Lipinski definition) is 3. The lowest BCUT2D eigenvalue weighted by Gasteiger charge is -2.27. The number of hydrogen-bond donors (Lipinski definition) is 1. The van der Waals surface area contributed by atoms with Crippen molar-refractivity contribution in [2.75, 3.05) is 0 Å². The lowest BCUT2D eigenvalue weighted by molar-refractivity contribution is 0.0730. The summed E-state index contributed by atoms with van der Waals surface area (Å²) in [5.74, 6) is -0.143. The number of aromatic nitrogens is 3. The molecule has 154 valence electrons. The van der Waals surface area contributed by atoms with Crippen molar-refractivity contribution < 1.29 is 4.79 Å². The molecule has 1 unspecified atom stereocenters. The van der Waals surface area contributed by atoms with E-state index in [0.29, 0.717) is 33.0 Å². The van der Waals surface area contributed by atoms with Gasteiger partial charge in [-0.15, -0.1) is 0 Å². The van der Waals surface area contributed by atoms with E-state index < -0.39 is 6.04 Å². The van der Waals surface area contributed by atoms with Crippen LogP contribution < -0.4 is 0 Å². The Morgan fingerprint density at radius 3 is 2.35 bits per heavy atom. The van der Waals surface area contributed by atoms with E-state index in [1.165, 1.54) is 0 Å². The largest absolute Gasteiger partial charge is 0.322 e. The number of pyridine rings is 1. The highest BCUT2D eigenvalue weighted by molar-refractivity contribution is 6.35. The molecule has 0 fully saturated rings. The second-order valence-corrected chi connectivity index (χ2v) is 8.50. The van der Waals surface area contributed by atoms with Crippen molar-refractivity contribution in [3.05, 3.63) is 104 Å². The van der Waals surface area contributed by atoms with Crippen molar-refractivity contribution >= 4 is 40.7 Å². The Morgan fingerprint density at radius 2 is 1.65 bits per heavy atom. The maximum absolute atomic E-state index is 13.4. The quantitative estimate of drug-likeness (QED) is 0.388. The fourth-order valence-electron chi connectivity index (χ4n) is 3.92. The molecule has 0 saturated carbocycles. The van der Waals surface area contributed by atoms with Gasteiger partial charge in [-0.25, -0.2) is 0 Å². The van der Waals surface area contributed by atoms with Crippen LogP contribution in [0, 0.1) is 0 Å². The molecule has 0 saturated heterocycles. The number of H-pyrrole nitrogens is 1. The van der Waals surface area contributed by atoms with Gasteiger partial charge in [0.2, 0.25) is 0 Å². The Kier molecular flexibility index (Phi) is 5.18. The molecule has 0 spiro atoms. The molecule has 0 bridgehead atoms. The number of halogens is 3. The van der Waals surface area contributed by atoms with E-state index in [1.807, 2.05) is 30.3 Å². The van der Waals surface area contributed by atoms with E-state index >= 15 is 0 Å². The molecule has 0 radical (unpaired) electrons. The summed E-state index contributed by atoms with van der Waals surface area (Å²) < 4.78 is 0. The fraction of sp³-hybridized carbons (Fsp3) is 0.0870. The minimum absolute atomic E-state index is 0.143. The zero-order chi connectivity index (χ0) is 21.5. The molecular weight excluding hydrogens is 455 g/mol. The molecule has 1 atom stereocenters. The summed E-state index contributed by atoms with van der Waals surface area (Å²) in [5.41, 5.74) is 4.53. The number of nitrogens with one attached hydrogen (secondary N) is 1. The highest BCUT2D eigenvalue weighted by atomic mass is 35.5. The van der Waals surface area contributed by atoms with Crippen LogP contribution in [0.1, 0.15) is 33.2 Å². The molecule has 1 N–H and O–H groups in total. The maximum Gasteiger partial charge on any atom is 0.273 e. The van der Waals surface area contributed by atoms with Gasteiger partial charge >= 0.3 is 0 Å². The van der Waals surface area contributed by atoms with E-state index in [4.69, 9.17) is 34.8 Å². The summed E-state index contributed by atoms with van der Waals surface area (Å²) in [6.07, 6.45) is 3.42. The molecule has 2 aromatic carbocycles. The van der Waals surface area contributed by atoms with Crippen LogP contribution in [-0.4, -0.2) is 26.0 Å². The Hall–Kier alpha value is -2.86. The van der Waals surface area contributed by atoms with Gasteiger partial charge in [-0.1, -0.05) is 53.0 Å². The van der Waals surface area contributed by atoms with Crippen molar-refractivity contribution in [3.8, 4) is 11.3 Å². The average Bonchev–Trinajstić information content (AvgIpc) is 3.30. The fourth-order valence-corrected chi connectivity index (χ4v) is 4.56. The molecule has 1 aliphatic rings. The second kappa shape index (κ2) is 8.00. The van der Waals surface area contributed by atoms with Crippen LogP contribution in [0.5, 0.6) is 0 Å². The lowest BCUT2D eigenvalue weighted by atomic mass is 9.96. The first-order chi connectivity index (χ1) is 15.0. The molecule has 31 heavy (non-hydrogen) atoms. The molecule has 5 rings (SSSR count). The number of carbonyl (C=O) groups excluding carboxylic acids is 1. The number of fused-ring (bicyclic) bond motifs is 1. The summed E-state index contributed by atoms with van der Waals surface area (Å²) in [7, 11) is 0. The Balaban J connectivity index is 1.68. The molecule has 3 heterocycles. The third-order valence-electron chi connectivity index (χ3n) is 5.34. The molecule has 2 aromatic heterocycles. The van der Waals surface area contributed by atoms with Crippen LogP contribution in [0.2, 0.25) is 15.1 Å². The van der Waals surface area contributed by atoms with Gasteiger partial charge in [-0.05, 0) is 47.5 Å². The molecule has 1 amide bonds. The van der Waals surface area contributed by atoms with Crippen LogP contribution in [0.15, 0.2) is 67.0 Å². The SMILES string of the molecule is O=C1c2[nH]nc(-c3ccc(Cl)cc3)c2C(c2ccc(Cl)cc2Cl)N1Cc1ccncc1. The van der Waals surface area contributed by atoms with Gasteiger partial charge in [0, 0.05) is 45.1 Å². The van der Waals surface area contributed by atoms with E-state index in [-0.39, 0.29) is 5.91 Å². The van der Waals surface area contributed by atoms with Crippen molar-refractivity contribution in [1.82, 2.24) is 20.1 Å². The minimum Gasteiger partial charge on any atom is -0.322 e. The zero-order valence-electron chi connectivity index (χ0n) is 16.0. The Morgan fingerprint density at radius 1 is 0.935 bits per heavy atom. The number of carbonyl (C=O) groups is 1. The Labute approximate surface area is 193 Å². The van der Waals surface area contributed by atoms with Crippen molar-refractivity contribution in [1.29, 1.82) is 0 Å². The highest BCUT2D eigenvalue weighted by Gasteiger charge is 2.42. The Bertz CT molecular complexity index is 1270. The first-order valence-electron chi connectivity index (χ1n) is 9.52. The highest BCUT2D eigenvalue weighted by Crippen LogP contribution is 2.45. The van der Waals surface area contributed by atoms with Gasteiger partial charge < -0.3 is 4.90 Å². The van der Waals surface area contributed by atoms with E-state index in [1.54, 1.807) is 41.6 Å². The molecule has 5 nitrogen and oxygen atoms in total. The lowest BCUT2D eigenvalue weighted by Crippen LogP contribution is -2.29. The van der Waals surface area contributed by atoms with Gasteiger partial charge in [0.1, 0.15) is 5.69 Å².